The van der Waals surface area contributed by atoms with E-state index in [1.807, 2.05) is 6.08 Å². The predicted octanol–water partition coefficient (Wildman–Crippen LogP) is 1.58. The van der Waals surface area contributed by atoms with Crippen molar-refractivity contribution in [2.45, 2.75) is 25.4 Å². The summed E-state index contributed by atoms with van der Waals surface area (Å²) in [6, 6.07) is 0. The summed E-state index contributed by atoms with van der Waals surface area (Å²) >= 11 is 0. The lowest BCUT2D eigenvalue weighted by molar-refractivity contribution is 0.105. The lowest BCUT2D eigenvalue weighted by Gasteiger charge is -2.26. The Kier molecular flexibility index (Phi) is 1.07. The van der Waals surface area contributed by atoms with Crippen molar-refractivity contribution < 1.29 is 5.11 Å². The first kappa shape index (κ1) is 6.24. The molecular formula is C10H14O. The highest BCUT2D eigenvalue weighted by atomic mass is 16.3. The molecule has 3 aliphatic carbocycles. The first-order chi connectivity index (χ1) is 5.36. The van der Waals surface area contributed by atoms with E-state index in [9.17, 15) is 5.11 Å². The Bertz CT molecular complexity index is 209. The summed E-state index contributed by atoms with van der Waals surface area (Å²) in [5.41, 5.74) is 0. The van der Waals surface area contributed by atoms with Crippen molar-refractivity contribution >= 4 is 0 Å². The van der Waals surface area contributed by atoms with E-state index in [-0.39, 0.29) is 6.10 Å². The molecule has 2 fully saturated rings. The SMILES string of the molecule is O[C@@H]1C=C[C@H]2[C@H]3CC[C@H](C3)[C@H]21. The van der Waals surface area contributed by atoms with Gasteiger partial charge >= 0.3 is 0 Å². The van der Waals surface area contributed by atoms with Crippen molar-refractivity contribution in [3.8, 4) is 0 Å². The Hall–Kier alpha value is -0.300. The predicted molar refractivity (Wildman–Crippen MR) is 43.0 cm³/mol. The van der Waals surface area contributed by atoms with Gasteiger partial charge < -0.3 is 5.11 Å². The Morgan fingerprint density at radius 1 is 1.09 bits per heavy atom. The highest BCUT2D eigenvalue weighted by Crippen LogP contribution is 2.56. The van der Waals surface area contributed by atoms with Crippen LogP contribution < -0.4 is 0 Å². The molecule has 0 unspecified atom stereocenters. The zero-order valence-corrected chi connectivity index (χ0v) is 6.61. The molecular weight excluding hydrogens is 136 g/mol. The van der Waals surface area contributed by atoms with Crippen molar-refractivity contribution in [2.24, 2.45) is 23.7 Å². The molecule has 0 aromatic carbocycles. The van der Waals surface area contributed by atoms with Gasteiger partial charge in [0.1, 0.15) is 0 Å². The Morgan fingerprint density at radius 2 is 1.91 bits per heavy atom. The second-order valence-corrected chi connectivity index (χ2v) is 4.36. The monoisotopic (exact) mass is 150 g/mol. The maximum absolute atomic E-state index is 9.63. The smallest absolute Gasteiger partial charge is 0.0757 e. The molecule has 5 atom stereocenters. The van der Waals surface area contributed by atoms with E-state index in [1.54, 1.807) is 0 Å². The average molecular weight is 150 g/mol. The average Bonchev–Trinajstić information content (AvgIpc) is 2.60. The van der Waals surface area contributed by atoms with Crippen molar-refractivity contribution in [2.75, 3.05) is 0 Å². The molecule has 2 bridgehead atoms. The first-order valence-electron chi connectivity index (χ1n) is 4.72. The summed E-state index contributed by atoms with van der Waals surface area (Å²) < 4.78 is 0. The van der Waals surface area contributed by atoms with Crippen LogP contribution in [0, 0.1) is 23.7 Å². The molecule has 60 valence electrons. The van der Waals surface area contributed by atoms with Crippen LogP contribution >= 0.6 is 0 Å². The Labute approximate surface area is 67.1 Å². The lowest BCUT2D eigenvalue weighted by atomic mass is 9.80. The van der Waals surface area contributed by atoms with Gasteiger partial charge in [-0.05, 0) is 42.9 Å². The van der Waals surface area contributed by atoms with Crippen molar-refractivity contribution in [3.05, 3.63) is 12.2 Å². The fourth-order valence-corrected chi connectivity index (χ4v) is 3.54. The van der Waals surface area contributed by atoms with Crippen LogP contribution in [0.4, 0.5) is 0 Å². The van der Waals surface area contributed by atoms with E-state index in [1.165, 1.54) is 19.3 Å². The van der Waals surface area contributed by atoms with E-state index < -0.39 is 0 Å². The molecule has 0 amide bonds. The van der Waals surface area contributed by atoms with Gasteiger partial charge in [-0.25, -0.2) is 0 Å². The second kappa shape index (κ2) is 1.89. The van der Waals surface area contributed by atoms with Crippen LogP contribution in [-0.4, -0.2) is 11.2 Å². The third kappa shape index (κ3) is 0.652. The molecule has 0 spiro atoms. The minimum Gasteiger partial charge on any atom is -0.389 e. The van der Waals surface area contributed by atoms with Gasteiger partial charge in [0.05, 0.1) is 6.10 Å². The Balaban J connectivity index is 1.96. The minimum absolute atomic E-state index is 0.102. The number of aliphatic hydroxyl groups excluding tert-OH is 1. The summed E-state index contributed by atoms with van der Waals surface area (Å²) in [5.74, 6) is 3.16. The molecule has 0 aromatic rings. The summed E-state index contributed by atoms with van der Waals surface area (Å²) in [5, 5.41) is 9.63. The standard InChI is InChI=1S/C10H14O/c11-9-4-3-8-6-1-2-7(5-6)10(8)9/h3-4,6-11H,1-2,5H2/t6-,7+,8-,9+,10+/m0/s1. The van der Waals surface area contributed by atoms with Crippen molar-refractivity contribution in [1.29, 1.82) is 0 Å². The third-order valence-electron chi connectivity index (χ3n) is 3.97. The molecule has 0 aliphatic heterocycles. The number of hydrogen-bond acceptors (Lipinski definition) is 1. The number of hydrogen-bond donors (Lipinski definition) is 1. The first-order valence-corrected chi connectivity index (χ1v) is 4.72. The maximum atomic E-state index is 9.63. The molecule has 11 heavy (non-hydrogen) atoms. The van der Waals surface area contributed by atoms with Crippen LogP contribution in [0.25, 0.3) is 0 Å². The molecule has 0 saturated heterocycles. The van der Waals surface area contributed by atoms with E-state index in [2.05, 4.69) is 6.08 Å². The van der Waals surface area contributed by atoms with E-state index in [0.717, 1.165) is 17.8 Å². The van der Waals surface area contributed by atoms with Crippen LogP contribution in [0.1, 0.15) is 19.3 Å². The number of allylic oxidation sites excluding steroid dienone is 1. The van der Waals surface area contributed by atoms with Gasteiger partial charge in [0, 0.05) is 0 Å². The summed E-state index contributed by atoms with van der Waals surface area (Å²) in [4.78, 5) is 0. The van der Waals surface area contributed by atoms with Gasteiger partial charge in [0.25, 0.3) is 0 Å². The topological polar surface area (TPSA) is 20.2 Å². The van der Waals surface area contributed by atoms with Crippen LogP contribution in [0.5, 0.6) is 0 Å². The van der Waals surface area contributed by atoms with E-state index >= 15 is 0 Å². The second-order valence-electron chi connectivity index (χ2n) is 4.36. The summed E-state index contributed by atoms with van der Waals surface area (Å²) in [7, 11) is 0. The van der Waals surface area contributed by atoms with Crippen molar-refractivity contribution in [3.63, 3.8) is 0 Å². The van der Waals surface area contributed by atoms with Crippen molar-refractivity contribution in [1.82, 2.24) is 0 Å². The summed E-state index contributed by atoms with van der Waals surface area (Å²) in [6.45, 7) is 0. The third-order valence-corrected chi connectivity index (χ3v) is 3.97. The number of rotatable bonds is 0. The van der Waals surface area contributed by atoms with Gasteiger partial charge in [0.15, 0.2) is 0 Å². The molecule has 3 rings (SSSR count). The largest absolute Gasteiger partial charge is 0.389 e. The van der Waals surface area contributed by atoms with Gasteiger partial charge in [-0.15, -0.1) is 0 Å². The highest BCUT2D eigenvalue weighted by Gasteiger charge is 2.50. The number of aliphatic hydroxyl groups is 1. The number of fused-ring (bicyclic) bond motifs is 5. The molecule has 1 N–H and O–H groups in total. The van der Waals surface area contributed by atoms with Crippen LogP contribution in [0.3, 0.4) is 0 Å². The zero-order chi connectivity index (χ0) is 7.42. The quantitative estimate of drug-likeness (QED) is 0.520. The van der Waals surface area contributed by atoms with Gasteiger partial charge in [-0.1, -0.05) is 12.2 Å². The molecule has 0 aromatic heterocycles. The van der Waals surface area contributed by atoms with Gasteiger partial charge in [-0.2, -0.15) is 0 Å². The Morgan fingerprint density at radius 3 is 2.73 bits per heavy atom. The zero-order valence-electron chi connectivity index (χ0n) is 6.61. The maximum Gasteiger partial charge on any atom is 0.0757 e. The van der Waals surface area contributed by atoms with Crippen LogP contribution in [0.2, 0.25) is 0 Å². The molecule has 0 radical (unpaired) electrons. The minimum atomic E-state index is -0.102. The molecule has 1 nitrogen and oxygen atoms in total. The van der Waals surface area contributed by atoms with Gasteiger partial charge in [-0.3, -0.25) is 0 Å². The fourth-order valence-electron chi connectivity index (χ4n) is 3.54. The van der Waals surface area contributed by atoms with Crippen LogP contribution in [-0.2, 0) is 0 Å². The van der Waals surface area contributed by atoms with E-state index in [0.29, 0.717) is 5.92 Å². The van der Waals surface area contributed by atoms with E-state index in [4.69, 9.17) is 0 Å². The van der Waals surface area contributed by atoms with Gasteiger partial charge in [0.2, 0.25) is 0 Å². The lowest BCUT2D eigenvalue weighted by Crippen LogP contribution is -2.25. The molecule has 2 saturated carbocycles. The molecule has 0 heterocycles. The summed E-state index contributed by atoms with van der Waals surface area (Å²) in [6.07, 6.45) is 8.37. The highest BCUT2D eigenvalue weighted by molar-refractivity contribution is 5.16. The molecule has 1 heteroatoms. The fraction of sp³-hybridized carbons (Fsp3) is 0.800. The van der Waals surface area contributed by atoms with Crippen LogP contribution in [0.15, 0.2) is 12.2 Å². The normalized spacial score (nSPS) is 58.8. The molecule has 3 aliphatic rings.